The summed E-state index contributed by atoms with van der Waals surface area (Å²) in [6.07, 6.45) is 2.73. The number of nitrogens with zero attached hydrogens (tertiary/aromatic N) is 2. The summed E-state index contributed by atoms with van der Waals surface area (Å²) in [4.78, 5) is 16.6. The van der Waals surface area contributed by atoms with Crippen LogP contribution in [0, 0.1) is 0 Å². The predicted molar refractivity (Wildman–Crippen MR) is 125 cm³/mol. The Balaban J connectivity index is 1.54. The monoisotopic (exact) mass is 431 g/mol. The Labute approximate surface area is 182 Å². The van der Waals surface area contributed by atoms with Gasteiger partial charge in [0.15, 0.2) is 5.11 Å². The Kier molecular flexibility index (Phi) is 8.15. The van der Waals surface area contributed by atoms with Gasteiger partial charge in [0.05, 0.1) is 7.11 Å². The highest BCUT2D eigenvalue weighted by molar-refractivity contribution is 7.98. The molecule has 29 heavy (non-hydrogen) atoms. The van der Waals surface area contributed by atoms with Crippen LogP contribution in [-0.2, 0) is 16.1 Å². The van der Waals surface area contributed by atoms with Gasteiger partial charge in [-0.15, -0.1) is 0 Å². The first-order chi connectivity index (χ1) is 14.1. The van der Waals surface area contributed by atoms with E-state index in [-0.39, 0.29) is 12.0 Å². The zero-order valence-electron chi connectivity index (χ0n) is 17.1. The van der Waals surface area contributed by atoms with Crippen molar-refractivity contribution in [2.75, 3.05) is 45.3 Å². The van der Waals surface area contributed by atoms with Crippen molar-refractivity contribution in [3.63, 3.8) is 0 Å². The van der Waals surface area contributed by atoms with Crippen LogP contribution in [0.25, 0.3) is 10.8 Å². The molecule has 1 heterocycles. The standard InChI is InChI=1S/C22H29N3O2S2/c1-27-21(26)20(10-15-29-2)23-22(28)25-13-11-24(12-14-25)16-18-8-5-7-17-6-3-4-9-19(17)18/h3-9,20H,10-16H2,1-2H3,(H,23,28)/t20-/m0/s1. The SMILES string of the molecule is COC(=O)[C@H](CCSC)NC(=S)N1CCN(Cc2cccc3ccccc23)CC1. The maximum Gasteiger partial charge on any atom is 0.328 e. The Morgan fingerprint density at radius 3 is 2.62 bits per heavy atom. The van der Waals surface area contributed by atoms with Crippen LogP contribution in [0.15, 0.2) is 42.5 Å². The molecule has 2 aromatic rings. The Bertz CT molecular complexity index is 832. The van der Waals surface area contributed by atoms with Gasteiger partial charge in [0.1, 0.15) is 6.04 Å². The average Bonchev–Trinajstić information content (AvgIpc) is 2.76. The molecule has 5 nitrogen and oxygen atoms in total. The number of rotatable bonds is 7. The lowest BCUT2D eigenvalue weighted by Crippen LogP contribution is -2.54. The van der Waals surface area contributed by atoms with Crippen LogP contribution in [-0.4, -0.2) is 72.2 Å². The molecule has 3 rings (SSSR count). The average molecular weight is 432 g/mol. The number of piperazine rings is 1. The minimum absolute atomic E-state index is 0.254. The van der Waals surface area contributed by atoms with Gasteiger partial charge in [0, 0.05) is 32.7 Å². The van der Waals surface area contributed by atoms with Crippen LogP contribution < -0.4 is 5.32 Å². The van der Waals surface area contributed by atoms with E-state index in [0.29, 0.717) is 11.5 Å². The molecule has 1 fully saturated rings. The molecule has 0 aliphatic carbocycles. The van der Waals surface area contributed by atoms with E-state index < -0.39 is 0 Å². The Hall–Kier alpha value is -1.83. The molecule has 0 bridgehead atoms. The van der Waals surface area contributed by atoms with E-state index in [2.05, 4.69) is 57.6 Å². The lowest BCUT2D eigenvalue weighted by Gasteiger charge is -2.37. The number of carbonyl (C=O) groups excluding carboxylic acids is 1. The number of fused-ring (bicyclic) bond motifs is 1. The number of thiocarbonyl (C=S) groups is 1. The van der Waals surface area contributed by atoms with Gasteiger partial charge < -0.3 is 15.0 Å². The number of benzene rings is 2. The number of carbonyl (C=O) groups is 1. The van der Waals surface area contributed by atoms with Crippen molar-refractivity contribution in [2.45, 2.75) is 19.0 Å². The summed E-state index contributed by atoms with van der Waals surface area (Å²) in [6, 6.07) is 14.7. The molecule has 1 atom stereocenters. The normalized spacial score (nSPS) is 15.9. The van der Waals surface area contributed by atoms with Gasteiger partial charge in [-0.2, -0.15) is 11.8 Å². The van der Waals surface area contributed by atoms with Crippen LogP contribution >= 0.6 is 24.0 Å². The molecule has 1 aliphatic rings. The van der Waals surface area contributed by atoms with Gasteiger partial charge in [0.25, 0.3) is 0 Å². The minimum Gasteiger partial charge on any atom is -0.467 e. The molecule has 0 unspecified atom stereocenters. The molecule has 2 aromatic carbocycles. The molecule has 0 amide bonds. The van der Waals surface area contributed by atoms with Gasteiger partial charge in [-0.05, 0) is 47.0 Å². The van der Waals surface area contributed by atoms with E-state index in [1.165, 1.54) is 23.4 Å². The molecule has 0 aromatic heterocycles. The first-order valence-corrected chi connectivity index (χ1v) is 11.7. The maximum absolute atomic E-state index is 12.0. The third kappa shape index (κ3) is 5.84. The Morgan fingerprint density at radius 2 is 1.90 bits per heavy atom. The highest BCUT2D eigenvalue weighted by Crippen LogP contribution is 2.20. The molecule has 1 saturated heterocycles. The third-order valence-electron chi connectivity index (χ3n) is 5.33. The molecule has 156 valence electrons. The molecule has 0 spiro atoms. The number of esters is 1. The van der Waals surface area contributed by atoms with E-state index in [1.54, 1.807) is 11.8 Å². The second kappa shape index (κ2) is 10.8. The van der Waals surface area contributed by atoms with E-state index in [0.717, 1.165) is 38.5 Å². The van der Waals surface area contributed by atoms with Crippen LogP contribution in [0.1, 0.15) is 12.0 Å². The summed E-state index contributed by atoms with van der Waals surface area (Å²) in [5.41, 5.74) is 1.36. The quantitative estimate of drug-likeness (QED) is 0.534. The van der Waals surface area contributed by atoms with Gasteiger partial charge in [0.2, 0.25) is 0 Å². The third-order valence-corrected chi connectivity index (χ3v) is 6.35. The fraction of sp³-hybridized carbons (Fsp3) is 0.455. The second-order valence-electron chi connectivity index (χ2n) is 7.21. The largest absolute Gasteiger partial charge is 0.467 e. The van der Waals surface area contributed by atoms with Crippen molar-refractivity contribution in [3.05, 3.63) is 48.0 Å². The second-order valence-corrected chi connectivity index (χ2v) is 8.58. The predicted octanol–water partition coefficient (Wildman–Crippen LogP) is 3.13. The topological polar surface area (TPSA) is 44.8 Å². The number of methoxy groups -OCH3 is 1. The Morgan fingerprint density at radius 1 is 1.17 bits per heavy atom. The fourth-order valence-corrected chi connectivity index (χ4v) is 4.44. The van der Waals surface area contributed by atoms with E-state index >= 15 is 0 Å². The van der Waals surface area contributed by atoms with Gasteiger partial charge >= 0.3 is 5.97 Å². The summed E-state index contributed by atoms with van der Waals surface area (Å²) >= 11 is 7.29. The molecule has 1 aliphatic heterocycles. The molecule has 1 N–H and O–H groups in total. The van der Waals surface area contributed by atoms with Crippen molar-refractivity contribution < 1.29 is 9.53 Å². The van der Waals surface area contributed by atoms with Crippen LogP contribution in [0.2, 0.25) is 0 Å². The van der Waals surface area contributed by atoms with Crippen LogP contribution in [0.4, 0.5) is 0 Å². The fourth-order valence-electron chi connectivity index (χ4n) is 3.65. The van der Waals surface area contributed by atoms with E-state index in [9.17, 15) is 4.79 Å². The number of hydrogen-bond acceptors (Lipinski definition) is 5. The molecule has 0 saturated carbocycles. The van der Waals surface area contributed by atoms with E-state index in [1.807, 2.05) is 6.26 Å². The molecular formula is C22H29N3O2S2. The molecular weight excluding hydrogens is 402 g/mol. The summed E-state index contributed by atoms with van der Waals surface area (Å²) in [6.45, 7) is 4.53. The maximum atomic E-state index is 12.0. The van der Waals surface area contributed by atoms with Gasteiger partial charge in [-0.3, -0.25) is 4.90 Å². The zero-order valence-corrected chi connectivity index (χ0v) is 18.7. The number of thioether (sulfide) groups is 1. The highest BCUT2D eigenvalue weighted by Gasteiger charge is 2.24. The first-order valence-electron chi connectivity index (χ1n) is 9.93. The number of hydrogen-bond donors (Lipinski definition) is 1. The summed E-state index contributed by atoms with van der Waals surface area (Å²) in [7, 11) is 1.42. The molecule has 7 heteroatoms. The minimum atomic E-state index is -0.381. The van der Waals surface area contributed by atoms with Gasteiger partial charge in [-0.1, -0.05) is 42.5 Å². The number of ether oxygens (including phenoxy) is 1. The van der Waals surface area contributed by atoms with Crippen LogP contribution in [0.5, 0.6) is 0 Å². The van der Waals surface area contributed by atoms with Crippen molar-refractivity contribution in [1.29, 1.82) is 0 Å². The summed E-state index contributed by atoms with van der Waals surface area (Å²) < 4.78 is 4.92. The summed E-state index contributed by atoms with van der Waals surface area (Å²) in [5.74, 6) is 0.629. The number of nitrogens with one attached hydrogen (secondary N) is 1. The zero-order chi connectivity index (χ0) is 20.6. The van der Waals surface area contributed by atoms with Crippen molar-refractivity contribution >= 4 is 45.8 Å². The highest BCUT2D eigenvalue weighted by atomic mass is 32.2. The van der Waals surface area contributed by atoms with Crippen molar-refractivity contribution in [2.24, 2.45) is 0 Å². The smallest absolute Gasteiger partial charge is 0.328 e. The molecule has 0 radical (unpaired) electrons. The lowest BCUT2D eigenvalue weighted by molar-refractivity contribution is -0.142. The van der Waals surface area contributed by atoms with Gasteiger partial charge in [-0.25, -0.2) is 4.79 Å². The van der Waals surface area contributed by atoms with Crippen LogP contribution in [0.3, 0.4) is 0 Å². The lowest BCUT2D eigenvalue weighted by atomic mass is 10.0. The van der Waals surface area contributed by atoms with Crippen molar-refractivity contribution in [3.8, 4) is 0 Å². The summed E-state index contributed by atoms with van der Waals surface area (Å²) in [5, 5.41) is 6.47. The van der Waals surface area contributed by atoms with E-state index in [4.69, 9.17) is 17.0 Å². The van der Waals surface area contributed by atoms with Crippen molar-refractivity contribution in [1.82, 2.24) is 15.1 Å². The first kappa shape index (κ1) is 21.9.